The number of nitrogens with one attached hydrogen (secondary N) is 2. The van der Waals surface area contributed by atoms with Gasteiger partial charge in [0, 0.05) is 18.8 Å². The molecule has 2 aliphatic rings. The van der Waals surface area contributed by atoms with Crippen molar-refractivity contribution >= 4 is 11.7 Å². The van der Waals surface area contributed by atoms with E-state index in [9.17, 15) is 22.8 Å². The monoisotopic (exact) mass is 343 g/mol. The molecule has 0 radical (unpaired) electrons. The molecule has 1 atom stereocenters. The Labute approximate surface area is 137 Å². The predicted octanol–water partition coefficient (Wildman–Crippen LogP) is 3.58. The van der Waals surface area contributed by atoms with E-state index >= 15 is 0 Å². The molecule has 0 unspecified atom stereocenters. The molecule has 0 aromatic carbocycles. The van der Waals surface area contributed by atoms with Gasteiger partial charge in [0.15, 0.2) is 0 Å². The van der Waals surface area contributed by atoms with Gasteiger partial charge in [-0.2, -0.15) is 13.2 Å². The van der Waals surface area contributed by atoms with Crippen LogP contribution in [0.2, 0.25) is 0 Å². The van der Waals surface area contributed by atoms with E-state index in [4.69, 9.17) is 0 Å². The molecular weight excluding hydrogens is 323 g/mol. The number of hydrogen-bond acceptors (Lipinski definition) is 2. The fraction of sp³-hybridized carbons (Fsp3) is 0.625. The van der Waals surface area contributed by atoms with Crippen molar-refractivity contribution in [2.45, 2.75) is 50.7 Å². The van der Waals surface area contributed by atoms with E-state index in [1.807, 2.05) is 4.98 Å². The van der Waals surface area contributed by atoms with Crippen LogP contribution in [0.4, 0.5) is 23.7 Å². The Hall–Kier alpha value is -1.99. The minimum atomic E-state index is -4.58. The molecule has 2 fully saturated rings. The topological polar surface area (TPSA) is 65.2 Å². The number of halogens is 3. The number of aromatic nitrogens is 1. The summed E-state index contributed by atoms with van der Waals surface area (Å²) in [5, 5.41) is 2.36. The summed E-state index contributed by atoms with van der Waals surface area (Å²) in [6.07, 6.45) is 2.30. The van der Waals surface area contributed by atoms with Gasteiger partial charge in [0.1, 0.15) is 5.69 Å². The van der Waals surface area contributed by atoms with E-state index in [1.165, 1.54) is 0 Å². The maximum atomic E-state index is 12.8. The average Bonchev–Trinajstić information content (AvgIpc) is 3.18. The number of rotatable bonds is 2. The molecule has 2 heterocycles. The summed E-state index contributed by atoms with van der Waals surface area (Å²) in [6.45, 7) is 0.573. The lowest BCUT2D eigenvalue weighted by Crippen LogP contribution is -2.42. The van der Waals surface area contributed by atoms with Crippen molar-refractivity contribution in [1.29, 1.82) is 0 Å². The highest BCUT2D eigenvalue weighted by atomic mass is 19.4. The quantitative estimate of drug-likeness (QED) is 0.862. The minimum Gasteiger partial charge on any atom is -0.327 e. The Morgan fingerprint density at radius 1 is 1.21 bits per heavy atom. The van der Waals surface area contributed by atoms with Crippen molar-refractivity contribution in [3.05, 3.63) is 28.2 Å². The number of carbonyl (C=O) groups is 1. The number of anilines is 1. The van der Waals surface area contributed by atoms with Gasteiger partial charge in [-0.3, -0.25) is 4.79 Å². The van der Waals surface area contributed by atoms with Crippen LogP contribution in [-0.2, 0) is 6.18 Å². The van der Waals surface area contributed by atoms with Crippen LogP contribution >= 0.6 is 0 Å². The second-order valence-corrected chi connectivity index (χ2v) is 6.51. The molecule has 1 aromatic heterocycles. The van der Waals surface area contributed by atoms with Crippen LogP contribution in [0.3, 0.4) is 0 Å². The first kappa shape index (κ1) is 16.9. The Kier molecular flexibility index (Phi) is 4.56. The van der Waals surface area contributed by atoms with Crippen LogP contribution in [0.1, 0.15) is 44.1 Å². The Morgan fingerprint density at radius 2 is 1.92 bits per heavy atom. The number of hydrogen-bond donors (Lipinski definition) is 2. The summed E-state index contributed by atoms with van der Waals surface area (Å²) >= 11 is 0. The second-order valence-electron chi connectivity index (χ2n) is 6.51. The fourth-order valence-corrected chi connectivity index (χ4v) is 3.80. The van der Waals surface area contributed by atoms with Crippen molar-refractivity contribution in [1.82, 2.24) is 9.88 Å². The lowest BCUT2D eigenvalue weighted by Gasteiger charge is -2.29. The second kappa shape index (κ2) is 6.49. The van der Waals surface area contributed by atoms with Crippen LogP contribution in [-0.4, -0.2) is 28.5 Å². The molecule has 3 rings (SSSR count). The molecule has 2 N–H and O–H groups in total. The summed E-state index contributed by atoms with van der Waals surface area (Å²) in [4.78, 5) is 27.9. The lowest BCUT2D eigenvalue weighted by molar-refractivity contribution is -0.137. The maximum absolute atomic E-state index is 12.8. The van der Waals surface area contributed by atoms with Crippen LogP contribution in [0.15, 0.2) is 17.1 Å². The largest absolute Gasteiger partial charge is 0.417 e. The number of amides is 2. The van der Waals surface area contributed by atoms with Crippen molar-refractivity contribution < 1.29 is 18.0 Å². The van der Waals surface area contributed by atoms with E-state index in [0.717, 1.165) is 38.5 Å². The first-order valence-corrected chi connectivity index (χ1v) is 8.24. The average molecular weight is 343 g/mol. The summed E-state index contributed by atoms with van der Waals surface area (Å²) in [5.74, 6) is 0.457. The lowest BCUT2D eigenvalue weighted by atomic mass is 9.96. The zero-order valence-corrected chi connectivity index (χ0v) is 13.2. The highest BCUT2D eigenvalue weighted by molar-refractivity contribution is 5.89. The van der Waals surface area contributed by atoms with Crippen LogP contribution in [0, 0.1) is 5.92 Å². The molecular formula is C16H20F3N3O2. The van der Waals surface area contributed by atoms with Crippen molar-refractivity contribution in [3.8, 4) is 0 Å². The van der Waals surface area contributed by atoms with Gasteiger partial charge < -0.3 is 15.2 Å². The number of pyridine rings is 1. The number of carbonyl (C=O) groups excluding carboxylic acids is 1. The third kappa shape index (κ3) is 3.42. The van der Waals surface area contributed by atoms with E-state index in [2.05, 4.69) is 5.32 Å². The molecule has 1 saturated heterocycles. The normalized spacial score (nSPS) is 22.1. The predicted molar refractivity (Wildman–Crippen MR) is 82.8 cm³/mol. The summed E-state index contributed by atoms with van der Waals surface area (Å²) in [7, 11) is 0. The van der Waals surface area contributed by atoms with Gasteiger partial charge in [-0.05, 0) is 37.7 Å². The highest BCUT2D eigenvalue weighted by Crippen LogP contribution is 2.35. The number of nitrogens with zero attached hydrogens (tertiary/aromatic N) is 1. The third-order valence-corrected chi connectivity index (χ3v) is 4.98. The fourth-order valence-electron chi connectivity index (χ4n) is 3.80. The Balaban J connectivity index is 1.75. The molecule has 5 nitrogen and oxygen atoms in total. The molecule has 0 bridgehead atoms. The zero-order chi connectivity index (χ0) is 17.3. The van der Waals surface area contributed by atoms with Gasteiger partial charge in [-0.1, -0.05) is 12.8 Å². The van der Waals surface area contributed by atoms with E-state index in [1.54, 1.807) is 4.90 Å². The van der Waals surface area contributed by atoms with Gasteiger partial charge in [-0.15, -0.1) is 0 Å². The number of H-pyrrole nitrogens is 1. The Morgan fingerprint density at radius 3 is 2.58 bits per heavy atom. The molecule has 0 spiro atoms. The van der Waals surface area contributed by atoms with Crippen molar-refractivity contribution in [2.24, 2.45) is 5.92 Å². The molecule has 24 heavy (non-hydrogen) atoms. The number of urea groups is 1. The molecule has 8 heteroatoms. The summed E-state index contributed by atoms with van der Waals surface area (Å²) in [6, 6.07) is 0.309. The number of aromatic amines is 1. The Bertz CT molecular complexity index is 665. The molecule has 132 valence electrons. The third-order valence-electron chi connectivity index (χ3n) is 4.98. The van der Waals surface area contributed by atoms with Crippen molar-refractivity contribution in [3.63, 3.8) is 0 Å². The molecule has 1 saturated carbocycles. The van der Waals surface area contributed by atoms with E-state index in [0.29, 0.717) is 24.7 Å². The number of likely N-dealkylation sites (tertiary alicyclic amines) is 1. The first-order valence-electron chi connectivity index (χ1n) is 8.24. The van der Waals surface area contributed by atoms with Gasteiger partial charge in [0.05, 0.1) is 5.56 Å². The van der Waals surface area contributed by atoms with Gasteiger partial charge in [-0.25, -0.2) is 4.79 Å². The van der Waals surface area contributed by atoms with Crippen LogP contribution < -0.4 is 10.9 Å². The van der Waals surface area contributed by atoms with E-state index in [-0.39, 0.29) is 11.7 Å². The molecule has 2 amide bonds. The smallest absolute Gasteiger partial charge is 0.327 e. The summed E-state index contributed by atoms with van der Waals surface area (Å²) < 4.78 is 38.3. The van der Waals surface area contributed by atoms with E-state index < -0.39 is 23.3 Å². The number of alkyl halides is 3. The molecule has 1 aliphatic heterocycles. The maximum Gasteiger partial charge on any atom is 0.417 e. The van der Waals surface area contributed by atoms with Crippen LogP contribution in [0.25, 0.3) is 0 Å². The van der Waals surface area contributed by atoms with Gasteiger partial charge >= 0.3 is 12.2 Å². The van der Waals surface area contributed by atoms with Gasteiger partial charge in [0.2, 0.25) is 0 Å². The minimum absolute atomic E-state index is 0.123. The standard InChI is InChI=1S/C16H20F3N3O2/c17-16(18,19)11-8-12(14(23)20-9-11)21-15(24)22-7-3-6-13(22)10-4-1-2-5-10/h8-10,13H,1-7H2,(H,20,23)(H,21,24)/t13-/m0/s1. The first-order chi connectivity index (χ1) is 11.4. The molecule has 1 aliphatic carbocycles. The molecule has 1 aromatic rings. The van der Waals surface area contributed by atoms with Crippen LogP contribution in [0.5, 0.6) is 0 Å². The highest BCUT2D eigenvalue weighted by Gasteiger charge is 2.36. The van der Waals surface area contributed by atoms with Crippen molar-refractivity contribution in [2.75, 3.05) is 11.9 Å². The SMILES string of the molecule is O=C(Nc1cc(C(F)(F)F)c[nH]c1=O)N1CCC[C@H]1C1CCCC1. The summed E-state index contributed by atoms with van der Waals surface area (Å²) in [5.41, 5.74) is -2.11. The van der Waals surface area contributed by atoms with Gasteiger partial charge in [0.25, 0.3) is 5.56 Å². The zero-order valence-electron chi connectivity index (χ0n) is 13.2.